The van der Waals surface area contributed by atoms with Crippen LogP contribution in [0.5, 0.6) is 0 Å². The fraction of sp³-hybridized carbons (Fsp3) is 0.786. The molecule has 2 bridgehead atoms. The van der Waals surface area contributed by atoms with Gasteiger partial charge < -0.3 is 10.0 Å². The Hall–Kier alpha value is -0.870. The smallest absolute Gasteiger partial charge is 0.0611 e. The van der Waals surface area contributed by atoms with Gasteiger partial charge in [-0.3, -0.25) is 4.68 Å². The van der Waals surface area contributed by atoms with Crippen LogP contribution in [-0.4, -0.2) is 45.0 Å². The maximum atomic E-state index is 10.4. The largest absolute Gasteiger partial charge is 0.392 e. The van der Waals surface area contributed by atoms with Gasteiger partial charge in [0.25, 0.3) is 0 Å². The van der Waals surface area contributed by atoms with Gasteiger partial charge in [-0.05, 0) is 44.2 Å². The van der Waals surface area contributed by atoms with Crippen LogP contribution in [0.3, 0.4) is 0 Å². The molecule has 2 saturated heterocycles. The number of aliphatic hydroxyl groups is 1. The molecule has 0 amide bonds. The molecule has 4 heteroatoms. The van der Waals surface area contributed by atoms with E-state index in [0.717, 1.165) is 24.8 Å². The average molecular weight is 249 g/mol. The molecule has 0 aromatic carbocycles. The highest BCUT2D eigenvalue weighted by Gasteiger charge is 2.40. The van der Waals surface area contributed by atoms with Crippen LogP contribution in [0.15, 0.2) is 12.4 Å². The monoisotopic (exact) mass is 249 g/mol. The Kier molecular flexibility index (Phi) is 3.16. The van der Waals surface area contributed by atoms with Crippen molar-refractivity contribution >= 4 is 0 Å². The van der Waals surface area contributed by atoms with E-state index in [0.29, 0.717) is 18.0 Å². The van der Waals surface area contributed by atoms with Gasteiger partial charge in [-0.2, -0.15) is 5.10 Å². The van der Waals surface area contributed by atoms with Crippen LogP contribution in [-0.2, 0) is 13.5 Å². The van der Waals surface area contributed by atoms with Gasteiger partial charge in [0.2, 0.25) is 0 Å². The number of aliphatic hydroxyl groups excluding tert-OH is 1. The van der Waals surface area contributed by atoms with Gasteiger partial charge in [0.05, 0.1) is 12.3 Å². The van der Waals surface area contributed by atoms with Gasteiger partial charge in [0.1, 0.15) is 0 Å². The molecule has 2 aliphatic rings. The summed E-state index contributed by atoms with van der Waals surface area (Å²) in [6, 6.07) is 1.41. The van der Waals surface area contributed by atoms with Gasteiger partial charge in [-0.25, -0.2) is 0 Å². The van der Waals surface area contributed by atoms with E-state index in [4.69, 9.17) is 0 Å². The highest BCUT2D eigenvalue weighted by Crippen LogP contribution is 2.39. The van der Waals surface area contributed by atoms with Crippen LogP contribution in [0.2, 0.25) is 0 Å². The van der Waals surface area contributed by atoms with Crippen molar-refractivity contribution in [2.45, 2.75) is 50.3 Å². The highest BCUT2D eigenvalue weighted by atomic mass is 16.3. The molecule has 3 heterocycles. The SMILES string of the molecule is CN1C2CCC1CC(C(O)Cc1cnn(C)c1)C2. The molecular weight excluding hydrogens is 226 g/mol. The van der Waals surface area contributed by atoms with Crippen molar-refractivity contribution in [3.63, 3.8) is 0 Å². The second kappa shape index (κ2) is 4.67. The van der Waals surface area contributed by atoms with Crippen molar-refractivity contribution in [1.29, 1.82) is 0 Å². The van der Waals surface area contributed by atoms with E-state index >= 15 is 0 Å². The first-order valence-corrected chi connectivity index (χ1v) is 7.01. The average Bonchev–Trinajstić information content (AvgIpc) is 2.80. The van der Waals surface area contributed by atoms with Crippen molar-refractivity contribution in [2.75, 3.05) is 7.05 Å². The number of hydrogen-bond acceptors (Lipinski definition) is 3. The van der Waals surface area contributed by atoms with Crippen molar-refractivity contribution in [3.8, 4) is 0 Å². The molecule has 100 valence electrons. The number of rotatable bonds is 3. The second-order valence-electron chi connectivity index (χ2n) is 6.08. The van der Waals surface area contributed by atoms with Gasteiger partial charge >= 0.3 is 0 Å². The summed E-state index contributed by atoms with van der Waals surface area (Å²) in [6.07, 6.45) is 9.38. The summed E-state index contributed by atoms with van der Waals surface area (Å²) in [7, 11) is 4.16. The Morgan fingerprint density at radius 1 is 1.33 bits per heavy atom. The number of aryl methyl sites for hydroxylation is 1. The molecular formula is C14H23N3O. The number of aromatic nitrogens is 2. The molecule has 0 saturated carbocycles. The van der Waals surface area contributed by atoms with Gasteiger partial charge in [0.15, 0.2) is 0 Å². The van der Waals surface area contributed by atoms with Crippen LogP contribution < -0.4 is 0 Å². The van der Waals surface area contributed by atoms with E-state index in [1.165, 1.54) is 12.8 Å². The van der Waals surface area contributed by atoms with E-state index in [-0.39, 0.29) is 6.10 Å². The molecule has 0 radical (unpaired) electrons. The third kappa shape index (κ3) is 2.19. The zero-order valence-corrected chi connectivity index (χ0v) is 11.3. The molecule has 0 spiro atoms. The van der Waals surface area contributed by atoms with Crippen molar-refractivity contribution < 1.29 is 5.11 Å². The van der Waals surface area contributed by atoms with Crippen molar-refractivity contribution in [2.24, 2.45) is 13.0 Å². The summed E-state index contributed by atoms with van der Waals surface area (Å²) < 4.78 is 1.81. The Labute approximate surface area is 109 Å². The summed E-state index contributed by atoms with van der Waals surface area (Å²) in [5, 5.41) is 14.6. The lowest BCUT2D eigenvalue weighted by atomic mass is 9.84. The fourth-order valence-corrected chi connectivity index (χ4v) is 3.75. The summed E-state index contributed by atoms with van der Waals surface area (Å²) >= 11 is 0. The molecule has 3 rings (SSSR count). The number of piperidine rings is 1. The van der Waals surface area contributed by atoms with Crippen molar-refractivity contribution in [3.05, 3.63) is 18.0 Å². The summed E-state index contributed by atoms with van der Waals surface area (Å²) in [5.41, 5.74) is 1.15. The molecule has 1 N–H and O–H groups in total. The van der Waals surface area contributed by atoms with E-state index in [1.54, 1.807) is 4.68 Å². The molecule has 1 aromatic heterocycles. The van der Waals surface area contributed by atoms with E-state index in [2.05, 4.69) is 17.0 Å². The maximum absolute atomic E-state index is 10.4. The van der Waals surface area contributed by atoms with Crippen LogP contribution in [0.25, 0.3) is 0 Å². The highest BCUT2D eigenvalue weighted by molar-refractivity contribution is 5.06. The Bertz CT molecular complexity index is 403. The molecule has 2 fully saturated rings. The van der Waals surface area contributed by atoms with E-state index in [1.807, 2.05) is 19.4 Å². The third-order valence-corrected chi connectivity index (χ3v) is 4.88. The maximum Gasteiger partial charge on any atom is 0.0611 e. The number of hydrogen-bond donors (Lipinski definition) is 1. The van der Waals surface area contributed by atoms with Crippen LogP contribution >= 0.6 is 0 Å². The zero-order valence-electron chi connectivity index (χ0n) is 11.3. The molecule has 1 aromatic rings. The first-order valence-electron chi connectivity index (χ1n) is 7.01. The Morgan fingerprint density at radius 2 is 2.00 bits per heavy atom. The van der Waals surface area contributed by atoms with Crippen molar-refractivity contribution in [1.82, 2.24) is 14.7 Å². The number of nitrogens with zero attached hydrogens (tertiary/aromatic N) is 3. The second-order valence-corrected chi connectivity index (χ2v) is 6.08. The summed E-state index contributed by atoms with van der Waals surface area (Å²) in [4.78, 5) is 2.52. The lowest BCUT2D eigenvalue weighted by Crippen LogP contribution is -2.43. The minimum Gasteiger partial charge on any atom is -0.392 e. The third-order valence-electron chi connectivity index (χ3n) is 4.88. The van der Waals surface area contributed by atoms with Crippen LogP contribution in [0.1, 0.15) is 31.2 Å². The normalized spacial score (nSPS) is 33.8. The Balaban J connectivity index is 1.62. The lowest BCUT2D eigenvalue weighted by Gasteiger charge is -2.38. The minimum absolute atomic E-state index is 0.203. The van der Waals surface area contributed by atoms with E-state index in [9.17, 15) is 5.11 Å². The minimum atomic E-state index is -0.203. The predicted molar refractivity (Wildman–Crippen MR) is 70.2 cm³/mol. The van der Waals surface area contributed by atoms with E-state index < -0.39 is 0 Å². The molecule has 2 aliphatic heterocycles. The van der Waals surface area contributed by atoms with Crippen LogP contribution in [0, 0.1) is 5.92 Å². The van der Waals surface area contributed by atoms with Gasteiger partial charge in [-0.1, -0.05) is 0 Å². The molecule has 4 nitrogen and oxygen atoms in total. The fourth-order valence-electron chi connectivity index (χ4n) is 3.75. The predicted octanol–water partition coefficient (Wildman–Crippen LogP) is 1.20. The van der Waals surface area contributed by atoms with Gasteiger partial charge in [-0.15, -0.1) is 0 Å². The molecule has 3 atom stereocenters. The lowest BCUT2D eigenvalue weighted by molar-refractivity contribution is 0.0368. The van der Waals surface area contributed by atoms with Gasteiger partial charge in [0, 0.05) is 31.7 Å². The Morgan fingerprint density at radius 3 is 2.56 bits per heavy atom. The first kappa shape index (κ1) is 12.2. The molecule has 3 unspecified atom stereocenters. The van der Waals surface area contributed by atoms with Crippen LogP contribution in [0.4, 0.5) is 0 Å². The summed E-state index contributed by atoms with van der Waals surface area (Å²) in [6.45, 7) is 0. The molecule has 18 heavy (non-hydrogen) atoms. The summed E-state index contributed by atoms with van der Waals surface area (Å²) in [5.74, 6) is 0.471. The standard InChI is InChI=1S/C14H23N3O/c1-16-9-10(8-15-16)5-14(18)11-6-12-3-4-13(7-11)17(12)2/h8-9,11-14,18H,3-7H2,1-2H3. The quantitative estimate of drug-likeness (QED) is 0.875. The molecule has 0 aliphatic carbocycles. The number of fused-ring (bicyclic) bond motifs is 2. The zero-order chi connectivity index (χ0) is 12.7. The topological polar surface area (TPSA) is 41.3 Å². The first-order chi connectivity index (χ1) is 8.63.